The van der Waals surface area contributed by atoms with Crippen molar-refractivity contribution in [1.82, 2.24) is 10.2 Å². The van der Waals surface area contributed by atoms with Gasteiger partial charge in [-0.3, -0.25) is 10.2 Å². The Bertz CT molecular complexity index is 562. The first-order valence-corrected chi connectivity index (χ1v) is 9.74. The molecule has 0 radical (unpaired) electrons. The highest BCUT2D eigenvalue weighted by atomic mass is 16.5. The number of allylic oxidation sites excluding steroid dienone is 1. The summed E-state index contributed by atoms with van der Waals surface area (Å²) in [6.07, 6.45) is 9.81. The molecule has 0 aromatic rings. The van der Waals surface area contributed by atoms with Crippen molar-refractivity contribution in [3.63, 3.8) is 0 Å². The normalized spacial score (nSPS) is 30.6. The molecule has 0 aliphatic carbocycles. The van der Waals surface area contributed by atoms with Gasteiger partial charge in [0.15, 0.2) is 0 Å². The monoisotopic (exact) mass is 366 g/mol. The quantitative estimate of drug-likeness (QED) is 0.545. The predicted molar refractivity (Wildman–Crippen MR) is 95.8 cm³/mol. The highest BCUT2D eigenvalue weighted by molar-refractivity contribution is 5.78. The third kappa shape index (κ3) is 4.39. The summed E-state index contributed by atoms with van der Waals surface area (Å²) in [4.78, 5) is 13.8. The Hall–Kier alpha value is -1.57. The molecule has 0 bridgehead atoms. The van der Waals surface area contributed by atoms with Crippen LogP contribution in [0, 0.1) is 0 Å². The smallest absolute Gasteiger partial charge is 0.326 e. The molecule has 3 aliphatic heterocycles. The molecule has 4 unspecified atom stereocenters. The minimum absolute atomic E-state index is 0.266. The molecular weight excluding hydrogens is 336 g/mol. The van der Waals surface area contributed by atoms with E-state index < -0.39 is 24.7 Å². The number of aliphatic hydroxyl groups is 2. The van der Waals surface area contributed by atoms with Gasteiger partial charge in [-0.15, -0.1) is 0 Å². The van der Waals surface area contributed by atoms with Crippen LogP contribution in [0.2, 0.25) is 0 Å². The molecule has 4 atom stereocenters. The molecule has 2 amide bonds. The van der Waals surface area contributed by atoms with Gasteiger partial charge in [-0.25, -0.2) is 4.79 Å². The number of carbonyl (C=O) groups excluding carboxylic acids is 1. The molecule has 26 heavy (non-hydrogen) atoms. The highest BCUT2D eigenvalue weighted by Gasteiger charge is 2.41. The lowest BCUT2D eigenvalue weighted by Crippen LogP contribution is -2.51. The second-order valence-corrected chi connectivity index (χ2v) is 7.23. The van der Waals surface area contributed by atoms with E-state index in [4.69, 9.17) is 9.47 Å². The number of nitrogens with zero attached hydrogens (tertiary/aromatic N) is 1. The van der Waals surface area contributed by atoms with Crippen LogP contribution in [0.4, 0.5) is 4.79 Å². The first kappa shape index (κ1) is 19.2. The molecule has 3 N–H and O–H groups in total. The fourth-order valence-corrected chi connectivity index (χ4v) is 3.61. The number of nitrogens with one attached hydrogen (secondary N) is 1. The largest absolute Gasteiger partial charge is 0.471 e. The van der Waals surface area contributed by atoms with Crippen molar-refractivity contribution in [2.75, 3.05) is 6.61 Å². The Morgan fingerprint density at radius 3 is 2.77 bits per heavy atom. The van der Waals surface area contributed by atoms with Crippen molar-refractivity contribution in [3.05, 3.63) is 23.6 Å². The van der Waals surface area contributed by atoms with E-state index in [1.54, 1.807) is 6.20 Å². The number of rotatable bonds is 9. The Balaban J connectivity index is 1.53. The van der Waals surface area contributed by atoms with Crippen LogP contribution in [0.3, 0.4) is 0 Å². The van der Waals surface area contributed by atoms with E-state index in [0.29, 0.717) is 0 Å². The molecule has 0 spiro atoms. The Morgan fingerprint density at radius 1 is 1.27 bits per heavy atom. The fraction of sp³-hybridized carbons (Fsp3) is 0.737. The molecular formula is C19H30N2O5. The molecule has 3 aliphatic rings. The number of amides is 2. The zero-order valence-corrected chi connectivity index (χ0v) is 15.4. The molecule has 3 rings (SSSR count). The topological polar surface area (TPSA) is 91.3 Å². The van der Waals surface area contributed by atoms with Gasteiger partial charge in [-0.05, 0) is 12.5 Å². The van der Waals surface area contributed by atoms with Gasteiger partial charge in [-0.2, -0.15) is 0 Å². The summed E-state index contributed by atoms with van der Waals surface area (Å²) in [6, 6.07) is -0.316. The predicted octanol–water partition coefficient (Wildman–Crippen LogP) is 2.35. The van der Waals surface area contributed by atoms with Crippen LogP contribution in [0.15, 0.2) is 23.6 Å². The SMILES string of the molecule is CCCCCCCCC1=CC2=CN(C3CC(O)C(CO)O3)C(=O)NC2O1. The number of aliphatic hydroxyl groups excluding tert-OH is 2. The molecule has 1 fully saturated rings. The maximum Gasteiger partial charge on any atom is 0.326 e. The molecule has 0 saturated carbocycles. The average Bonchev–Trinajstić information content (AvgIpc) is 3.19. The number of fused-ring (bicyclic) bond motifs is 1. The average molecular weight is 366 g/mol. The van der Waals surface area contributed by atoms with E-state index in [1.165, 1.54) is 37.0 Å². The zero-order chi connectivity index (χ0) is 18.5. The first-order chi connectivity index (χ1) is 12.6. The third-order valence-corrected chi connectivity index (χ3v) is 5.15. The Kier molecular flexibility index (Phi) is 6.56. The van der Waals surface area contributed by atoms with Crippen LogP contribution in [0.25, 0.3) is 0 Å². The fourth-order valence-electron chi connectivity index (χ4n) is 3.61. The van der Waals surface area contributed by atoms with E-state index in [2.05, 4.69) is 12.2 Å². The van der Waals surface area contributed by atoms with Crippen molar-refractivity contribution >= 4 is 6.03 Å². The van der Waals surface area contributed by atoms with Crippen molar-refractivity contribution in [2.45, 2.75) is 83.0 Å². The molecule has 0 aromatic carbocycles. The Labute approximate surface area is 154 Å². The number of urea groups is 1. The van der Waals surface area contributed by atoms with Gasteiger partial charge in [0.05, 0.1) is 18.5 Å². The molecule has 7 heteroatoms. The summed E-state index contributed by atoms with van der Waals surface area (Å²) in [5.74, 6) is 0.902. The summed E-state index contributed by atoms with van der Waals surface area (Å²) in [5, 5.41) is 21.9. The summed E-state index contributed by atoms with van der Waals surface area (Å²) in [6.45, 7) is 1.95. The van der Waals surface area contributed by atoms with Gasteiger partial charge in [0.2, 0.25) is 6.23 Å². The molecule has 0 aromatic heterocycles. The van der Waals surface area contributed by atoms with Crippen LogP contribution in [0.5, 0.6) is 0 Å². The summed E-state index contributed by atoms with van der Waals surface area (Å²) in [7, 11) is 0. The summed E-state index contributed by atoms with van der Waals surface area (Å²) >= 11 is 0. The van der Waals surface area contributed by atoms with Crippen LogP contribution in [-0.2, 0) is 9.47 Å². The lowest BCUT2D eigenvalue weighted by Gasteiger charge is -2.31. The molecule has 1 saturated heterocycles. The van der Waals surface area contributed by atoms with Crippen LogP contribution < -0.4 is 5.32 Å². The van der Waals surface area contributed by atoms with E-state index in [-0.39, 0.29) is 19.1 Å². The van der Waals surface area contributed by atoms with Crippen molar-refractivity contribution in [2.24, 2.45) is 0 Å². The van der Waals surface area contributed by atoms with Gasteiger partial charge in [-0.1, -0.05) is 39.0 Å². The number of unbranched alkanes of at least 4 members (excludes halogenated alkanes) is 5. The summed E-state index contributed by atoms with van der Waals surface area (Å²) in [5.41, 5.74) is 0.885. The molecule has 7 nitrogen and oxygen atoms in total. The van der Waals surface area contributed by atoms with Gasteiger partial charge >= 0.3 is 6.03 Å². The van der Waals surface area contributed by atoms with Gasteiger partial charge in [0, 0.05) is 24.6 Å². The lowest BCUT2D eigenvalue weighted by molar-refractivity contribution is -0.0559. The minimum Gasteiger partial charge on any atom is -0.471 e. The zero-order valence-electron chi connectivity index (χ0n) is 15.4. The first-order valence-electron chi connectivity index (χ1n) is 9.74. The van der Waals surface area contributed by atoms with E-state index >= 15 is 0 Å². The summed E-state index contributed by atoms with van der Waals surface area (Å²) < 4.78 is 11.4. The molecule has 3 heterocycles. The minimum atomic E-state index is -0.771. The number of carbonyl (C=O) groups is 1. The van der Waals surface area contributed by atoms with Gasteiger partial charge in [0.25, 0.3) is 0 Å². The van der Waals surface area contributed by atoms with Crippen molar-refractivity contribution < 1.29 is 24.5 Å². The lowest BCUT2D eigenvalue weighted by atomic mass is 10.1. The second kappa shape index (κ2) is 8.88. The standard InChI is InChI=1S/C19H30N2O5/c1-2-3-4-5-6-7-8-14-9-13-11-21(19(24)20-18(13)25-14)17-10-15(23)16(12-22)26-17/h9,11,15-18,22-23H,2-8,10,12H2,1H3,(H,20,24). The van der Waals surface area contributed by atoms with Gasteiger partial charge in [0.1, 0.15) is 12.3 Å². The highest BCUT2D eigenvalue weighted by Crippen LogP contribution is 2.31. The number of hydrogen-bond acceptors (Lipinski definition) is 5. The van der Waals surface area contributed by atoms with Gasteiger partial charge < -0.3 is 19.7 Å². The molecule has 146 valence electrons. The van der Waals surface area contributed by atoms with E-state index in [0.717, 1.165) is 24.2 Å². The third-order valence-electron chi connectivity index (χ3n) is 5.15. The number of hydrogen-bond donors (Lipinski definition) is 3. The maximum atomic E-state index is 12.3. The van der Waals surface area contributed by atoms with E-state index in [9.17, 15) is 15.0 Å². The Morgan fingerprint density at radius 2 is 2.04 bits per heavy atom. The van der Waals surface area contributed by atoms with Crippen LogP contribution in [0.1, 0.15) is 58.3 Å². The van der Waals surface area contributed by atoms with E-state index in [1.807, 2.05) is 6.08 Å². The van der Waals surface area contributed by atoms with Crippen molar-refractivity contribution in [1.29, 1.82) is 0 Å². The van der Waals surface area contributed by atoms with Crippen LogP contribution >= 0.6 is 0 Å². The maximum absolute atomic E-state index is 12.3. The van der Waals surface area contributed by atoms with Crippen LogP contribution in [-0.4, -0.2) is 52.4 Å². The van der Waals surface area contributed by atoms with Crippen molar-refractivity contribution in [3.8, 4) is 0 Å². The second-order valence-electron chi connectivity index (χ2n) is 7.23. The number of ether oxygens (including phenoxy) is 2.